The Kier molecular flexibility index (Phi) is 4.81. The molecule has 0 bridgehead atoms. The van der Waals surface area contributed by atoms with Gasteiger partial charge in [0, 0.05) is 16.2 Å². The minimum atomic E-state index is -0.261. The van der Waals surface area contributed by atoms with Gasteiger partial charge in [0.15, 0.2) is 0 Å². The fraction of sp³-hybridized carbons (Fsp3) is 0.333. The Labute approximate surface area is 126 Å². The normalized spacial score (nSPS) is 10.8. The predicted molar refractivity (Wildman–Crippen MR) is 82.9 cm³/mol. The first-order valence-electron chi connectivity index (χ1n) is 5.87. The first-order chi connectivity index (χ1) is 9.10. The van der Waals surface area contributed by atoms with Crippen LogP contribution in [0.2, 0.25) is 0 Å². The maximum atomic E-state index is 11.8. The van der Waals surface area contributed by atoms with Crippen LogP contribution in [0.3, 0.4) is 0 Å². The molecule has 1 amide bonds. The number of benzene rings is 1. The Bertz CT molecular complexity index is 648. The molecular formula is C12H13Br2N3O2. The van der Waals surface area contributed by atoms with Crippen LogP contribution in [-0.2, 0) is 4.79 Å². The molecule has 0 spiro atoms. The number of hydrogen-bond acceptors (Lipinski definition) is 2. The van der Waals surface area contributed by atoms with E-state index in [0.29, 0.717) is 23.1 Å². The van der Waals surface area contributed by atoms with Crippen LogP contribution in [0, 0.1) is 0 Å². The van der Waals surface area contributed by atoms with E-state index in [1.54, 1.807) is 12.1 Å². The number of aromatic amines is 2. The fourth-order valence-electron chi connectivity index (χ4n) is 1.74. The van der Waals surface area contributed by atoms with Gasteiger partial charge in [-0.05, 0) is 40.9 Å². The van der Waals surface area contributed by atoms with E-state index in [4.69, 9.17) is 0 Å². The van der Waals surface area contributed by atoms with Crippen LogP contribution in [0.1, 0.15) is 19.3 Å². The van der Waals surface area contributed by atoms with Crippen molar-refractivity contribution in [1.82, 2.24) is 9.97 Å². The van der Waals surface area contributed by atoms with E-state index < -0.39 is 0 Å². The second-order valence-electron chi connectivity index (χ2n) is 4.15. The SMILES string of the molecule is O=C(CCCCBr)Nc1cc2[nH]c(=O)[nH]c2cc1Br. The Balaban J connectivity index is 2.13. The number of imidazole rings is 1. The van der Waals surface area contributed by atoms with Gasteiger partial charge in [-0.15, -0.1) is 0 Å². The molecule has 1 aromatic heterocycles. The topological polar surface area (TPSA) is 77.8 Å². The Hall–Kier alpha value is -1.08. The van der Waals surface area contributed by atoms with Gasteiger partial charge < -0.3 is 15.3 Å². The van der Waals surface area contributed by atoms with Gasteiger partial charge in [-0.2, -0.15) is 0 Å². The molecule has 0 saturated heterocycles. The molecule has 0 fully saturated rings. The summed E-state index contributed by atoms with van der Waals surface area (Å²) in [6.45, 7) is 0. The van der Waals surface area contributed by atoms with Gasteiger partial charge >= 0.3 is 5.69 Å². The van der Waals surface area contributed by atoms with Crippen LogP contribution in [-0.4, -0.2) is 21.2 Å². The smallest absolute Gasteiger partial charge is 0.323 e. The molecule has 3 N–H and O–H groups in total. The van der Waals surface area contributed by atoms with Crippen molar-refractivity contribution in [3.8, 4) is 0 Å². The molecule has 0 radical (unpaired) electrons. The van der Waals surface area contributed by atoms with Crippen molar-refractivity contribution >= 4 is 54.5 Å². The minimum Gasteiger partial charge on any atom is -0.325 e. The lowest BCUT2D eigenvalue weighted by molar-refractivity contribution is -0.116. The van der Waals surface area contributed by atoms with Gasteiger partial charge in [0.1, 0.15) is 0 Å². The van der Waals surface area contributed by atoms with E-state index in [9.17, 15) is 9.59 Å². The molecule has 19 heavy (non-hydrogen) atoms. The van der Waals surface area contributed by atoms with Gasteiger partial charge in [0.05, 0.1) is 16.7 Å². The summed E-state index contributed by atoms with van der Waals surface area (Å²) in [5.41, 5.74) is 1.77. The lowest BCUT2D eigenvalue weighted by Gasteiger charge is -2.07. The van der Waals surface area contributed by atoms with E-state index in [2.05, 4.69) is 47.1 Å². The molecule has 7 heteroatoms. The molecule has 102 valence electrons. The highest BCUT2D eigenvalue weighted by Gasteiger charge is 2.08. The Morgan fingerprint density at radius 2 is 1.89 bits per heavy atom. The summed E-state index contributed by atoms with van der Waals surface area (Å²) in [5.74, 6) is -0.0288. The largest absolute Gasteiger partial charge is 0.325 e. The zero-order chi connectivity index (χ0) is 13.8. The average molecular weight is 391 g/mol. The van der Waals surface area contributed by atoms with Gasteiger partial charge in [-0.1, -0.05) is 15.9 Å². The Morgan fingerprint density at radius 1 is 1.21 bits per heavy atom. The molecule has 1 heterocycles. The first-order valence-corrected chi connectivity index (χ1v) is 7.79. The lowest BCUT2D eigenvalue weighted by atomic mass is 10.2. The number of alkyl halides is 1. The van der Waals surface area contributed by atoms with Crippen LogP contribution < -0.4 is 11.0 Å². The molecular weight excluding hydrogens is 378 g/mol. The number of H-pyrrole nitrogens is 2. The molecule has 2 rings (SSSR count). The number of carbonyl (C=O) groups excluding carboxylic acids is 1. The summed E-state index contributed by atoms with van der Waals surface area (Å²) in [6.07, 6.45) is 2.30. The maximum absolute atomic E-state index is 11.8. The third-order valence-electron chi connectivity index (χ3n) is 2.67. The van der Waals surface area contributed by atoms with E-state index in [0.717, 1.165) is 22.6 Å². The van der Waals surface area contributed by atoms with E-state index >= 15 is 0 Å². The predicted octanol–water partition coefficient (Wildman–Crippen LogP) is 3.12. The number of carbonyl (C=O) groups is 1. The van der Waals surface area contributed by atoms with Crippen molar-refractivity contribution in [3.63, 3.8) is 0 Å². The van der Waals surface area contributed by atoms with Crippen LogP contribution in [0.25, 0.3) is 11.0 Å². The van der Waals surface area contributed by atoms with Crippen molar-refractivity contribution in [1.29, 1.82) is 0 Å². The molecule has 0 aliphatic rings. The van der Waals surface area contributed by atoms with Crippen molar-refractivity contribution in [2.75, 3.05) is 10.6 Å². The zero-order valence-corrected chi connectivity index (χ0v) is 13.2. The standard InChI is InChI=1S/C12H13Br2N3O2/c13-4-2-1-3-11(18)15-8-6-10-9(5-7(8)14)16-12(19)17-10/h5-6H,1-4H2,(H,15,18)(H2,16,17,19). The number of hydrogen-bond donors (Lipinski definition) is 3. The van der Waals surface area contributed by atoms with Crippen LogP contribution in [0.4, 0.5) is 5.69 Å². The van der Waals surface area contributed by atoms with Crippen molar-refractivity contribution in [2.45, 2.75) is 19.3 Å². The summed E-state index contributed by atoms with van der Waals surface area (Å²) in [6, 6.07) is 3.50. The van der Waals surface area contributed by atoms with Gasteiger partial charge in [-0.3, -0.25) is 4.79 Å². The molecule has 5 nitrogen and oxygen atoms in total. The highest BCUT2D eigenvalue weighted by atomic mass is 79.9. The molecule has 2 aromatic rings. The molecule has 0 unspecified atom stereocenters. The molecule has 0 aliphatic carbocycles. The summed E-state index contributed by atoms with van der Waals surface area (Å²) < 4.78 is 0.740. The lowest BCUT2D eigenvalue weighted by Crippen LogP contribution is -2.11. The molecule has 0 aliphatic heterocycles. The van der Waals surface area contributed by atoms with E-state index in [1.165, 1.54) is 0 Å². The monoisotopic (exact) mass is 389 g/mol. The maximum Gasteiger partial charge on any atom is 0.323 e. The summed E-state index contributed by atoms with van der Waals surface area (Å²) in [5, 5.41) is 3.74. The van der Waals surface area contributed by atoms with Crippen LogP contribution in [0.15, 0.2) is 21.4 Å². The van der Waals surface area contributed by atoms with Crippen molar-refractivity contribution < 1.29 is 4.79 Å². The minimum absolute atomic E-state index is 0.0288. The van der Waals surface area contributed by atoms with Crippen molar-refractivity contribution in [3.05, 3.63) is 27.1 Å². The third-order valence-corrected chi connectivity index (χ3v) is 3.88. The molecule has 0 saturated carbocycles. The van der Waals surface area contributed by atoms with Crippen LogP contribution >= 0.6 is 31.9 Å². The van der Waals surface area contributed by atoms with Gasteiger partial charge in [0.2, 0.25) is 5.91 Å². The number of nitrogens with one attached hydrogen (secondary N) is 3. The number of amides is 1. The number of unbranched alkanes of at least 4 members (excludes halogenated alkanes) is 1. The number of aromatic nitrogens is 2. The summed E-state index contributed by atoms with van der Waals surface area (Å²) in [7, 11) is 0. The van der Waals surface area contributed by atoms with E-state index in [-0.39, 0.29) is 11.6 Å². The second kappa shape index (κ2) is 6.38. The third kappa shape index (κ3) is 3.70. The quantitative estimate of drug-likeness (QED) is 0.541. The van der Waals surface area contributed by atoms with E-state index in [1.807, 2.05) is 0 Å². The first kappa shape index (κ1) is 14.3. The summed E-state index contributed by atoms with van der Waals surface area (Å²) >= 11 is 6.71. The second-order valence-corrected chi connectivity index (χ2v) is 5.80. The van der Waals surface area contributed by atoms with Crippen LogP contribution in [0.5, 0.6) is 0 Å². The molecule has 0 atom stereocenters. The zero-order valence-electron chi connectivity index (χ0n) is 10.1. The molecule has 1 aromatic carbocycles. The number of halogens is 2. The highest BCUT2D eigenvalue weighted by Crippen LogP contribution is 2.26. The number of fused-ring (bicyclic) bond motifs is 1. The van der Waals surface area contributed by atoms with Gasteiger partial charge in [-0.25, -0.2) is 4.79 Å². The van der Waals surface area contributed by atoms with Gasteiger partial charge in [0.25, 0.3) is 0 Å². The highest BCUT2D eigenvalue weighted by molar-refractivity contribution is 9.10. The number of rotatable bonds is 5. The number of anilines is 1. The summed E-state index contributed by atoms with van der Waals surface area (Å²) in [4.78, 5) is 28.3. The Morgan fingerprint density at radius 3 is 2.58 bits per heavy atom. The fourth-order valence-corrected chi connectivity index (χ4v) is 2.58. The van der Waals surface area contributed by atoms with Crippen molar-refractivity contribution in [2.24, 2.45) is 0 Å². The average Bonchev–Trinajstić information content (AvgIpc) is 2.69.